The van der Waals surface area contributed by atoms with Crippen LogP contribution in [-0.2, 0) is 6.54 Å². The standard InChI is InChI=1S/C14H19Cl2NO/c1-9(2)17-7-11-5-12(15)6-13(16)14(11)18-8-10-3-4-10/h5-6,9-10,17H,3-4,7-8H2,1-2H3. The first-order valence-electron chi connectivity index (χ1n) is 6.40. The van der Waals surface area contributed by atoms with Crippen molar-refractivity contribution >= 4 is 23.2 Å². The topological polar surface area (TPSA) is 21.3 Å². The highest BCUT2D eigenvalue weighted by atomic mass is 35.5. The van der Waals surface area contributed by atoms with E-state index in [9.17, 15) is 0 Å². The van der Waals surface area contributed by atoms with Crippen molar-refractivity contribution in [1.82, 2.24) is 5.32 Å². The molecule has 1 aliphatic carbocycles. The maximum Gasteiger partial charge on any atom is 0.142 e. The number of ether oxygens (including phenoxy) is 1. The van der Waals surface area contributed by atoms with E-state index in [0.29, 0.717) is 22.0 Å². The molecule has 100 valence electrons. The molecule has 0 aromatic heterocycles. The van der Waals surface area contributed by atoms with Crippen molar-refractivity contribution in [3.63, 3.8) is 0 Å². The summed E-state index contributed by atoms with van der Waals surface area (Å²) in [4.78, 5) is 0. The number of hydrogen-bond acceptors (Lipinski definition) is 2. The normalized spacial score (nSPS) is 15.2. The van der Waals surface area contributed by atoms with Gasteiger partial charge in [-0.25, -0.2) is 0 Å². The largest absolute Gasteiger partial charge is 0.491 e. The second-order valence-corrected chi connectivity index (χ2v) is 6.01. The fourth-order valence-corrected chi connectivity index (χ4v) is 2.30. The van der Waals surface area contributed by atoms with Crippen LogP contribution >= 0.6 is 23.2 Å². The van der Waals surface area contributed by atoms with Crippen LogP contribution in [0.15, 0.2) is 12.1 Å². The molecular formula is C14H19Cl2NO. The number of rotatable bonds is 6. The second-order valence-electron chi connectivity index (χ2n) is 5.17. The van der Waals surface area contributed by atoms with E-state index in [1.54, 1.807) is 6.07 Å². The molecule has 0 radical (unpaired) electrons. The van der Waals surface area contributed by atoms with Crippen LogP contribution < -0.4 is 10.1 Å². The Balaban J connectivity index is 2.11. The predicted molar refractivity (Wildman–Crippen MR) is 76.7 cm³/mol. The third-order valence-electron chi connectivity index (χ3n) is 2.95. The lowest BCUT2D eigenvalue weighted by molar-refractivity contribution is 0.296. The van der Waals surface area contributed by atoms with Crippen LogP contribution in [0.3, 0.4) is 0 Å². The van der Waals surface area contributed by atoms with Crippen molar-refractivity contribution in [1.29, 1.82) is 0 Å². The first-order valence-corrected chi connectivity index (χ1v) is 7.16. The molecule has 0 bridgehead atoms. The number of halogens is 2. The molecular weight excluding hydrogens is 269 g/mol. The maximum atomic E-state index is 6.22. The highest BCUT2D eigenvalue weighted by molar-refractivity contribution is 6.35. The predicted octanol–water partition coefficient (Wildman–Crippen LogP) is 4.28. The summed E-state index contributed by atoms with van der Waals surface area (Å²) in [5.41, 5.74) is 1.03. The molecule has 2 rings (SSSR count). The van der Waals surface area contributed by atoms with Gasteiger partial charge in [0, 0.05) is 23.2 Å². The lowest BCUT2D eigenvalue weighted by atomic mass is 10.2. The van der Waals surface area contributed by atoms with Gasteiger partial charge < -0.3 is 10.1 Å². The Labute approximate surface area is 119 Å². The average Bonchev–Trinajstić information content (AvgIpc) is 3.08. The molecule has 4 heteroatoms. The zero-order chi connectivity index (χ0) is 13.1. The van der Waals surface area contributed by atoms with Crippen molar-refractivity contribution < 1.29 is 4.74 Å². The minimum absolute atomic E-state index is 0.416. The maximum absolute atomic E-state index is 6.22. The van der Waals surface area contributed by atoms with Gasteiger partial charge in [-0.1, -0.05) is 37.0 Å². The smallest absolute Gasteiger partial charge is 0.142 e. The minimum atomic E-state index is 0.416. The second kappa shape index (κ2) is 6.14. The van der Waals surface area contributed by atoms with Gasteiger partial charge in [-0.05, 0) is 30.9 Å². The van der Waals surface area contributed by atoms with E-state index in [0.717, 1.165) is 24.5 Å². The molecule has 0 saturated heterocycles. The Morgan fingerprint density at radius 1 is 1.33 bits per heavy atom. The lowest BCUT2D eigenvalue weighted by Gasteiger charge is -2.15. The highest BCUT2D eigenvalue weighted by Gasteiger charge is 2.23. The summed E-state index contributed by atoms with van der Waals surface area (Å²) in [7, 11) is 0. The van der Waals surface area contributed by atoms with Crippen molar-refractivity contribution in [3.05, 3.63) is 27.7 Å². The Morgan fingerprint density at radius 2 is 2.06 bits per heavy atom. The van der Waals surface area contributed by atoms with Crippen LogP contribution in [0.25, 0.3) is 0 Å². The van der Waals surface area contributed by atoms with E-state index in [4.69, 9.17) is 27.9 Å². The fourth-order valence-electron chi connectivity index (χ4n) is 1.71. The van der Waals surface area contributed by atoms with Gasteiger partial charge in [0.25, 0.3) is 0 Å². The summed E-state index contributed by atoms with van der Waals surface area (Å²) >= 11 is 12.3. The van der Waals surface area contributed by atoms with Crippen LogP contribution in [0, 0.1) is 5.92 Å². The molecule has 0 aliphatic heterocycles. The van der Waals surface area contributed by atoms with Crippen molar-refractivity contribution in [2.45, 2.75) is 39.3 Å². The van der Waals surface area contributed by atoms with Gasteiger partial charge in [0.15, 0.2) is 0 Å². The highest BCUT2D eigenvalue weighted by Crippen LogP contribution is 2.35. The molecule has 1 saturated carbocycles. The third kappa shape index (κ3) is 4.04. The fraction of sp³-hybridized carbons (Fsp3) is 0.571. The van der Waals surface area contributed by atoms with Crippen LogP contribution in [-0.4, -0.2) is 12.6 Å². The Morgan fingerprint density at radius 3 is 2.67 bits per heavy atom. The summed E-state index contributed by atoms with van der Waals surface area (Å²) in [6.07, 6.45) is 2.54. The summed E-state index contributed by atoms with van der Waals surface area (Å²) in [6, 6.07) is 4.08. The minimum Gasteiger partial charge on any atom is -0.491 e. The van der Waals surface area contributed by atoms with Crippen molar-refractivity contribution in [2.75, 3.05) is 6.61 Å². The summed E-state index contributed by atoms with van der Waals surface area (Å²) in [6.45, 7) is 5.70. The van der Waals surface area contributed by atoms with Crippen LogP contribution in [0.4, 0.5) is 0 Å². The molecule has 1 aliphatic rings. The summed E-state index contributed by atoms with van der Waals surface area (Å²) in [5.74, 6) is 1.49. The van der Waals surface area contributed by atoms with E-state index in [2.05, 4.69) is 19.2 Å². The molecule has 1 fully saturated rings. The quantitative estimate of drug-likeness (QED) is 0.843. The zero-order valence-corrected chi connectivity index (χ0v) is 12.3. The molecule has 1 aromatic carbocycles. The number of nitrogens with one attached hydrogen (secondary N) is 1. The molecule has 2 nitrogen and oxygen atoms in total. The molecule has 0 heterocycles. The van der Waals surface area contributed by atoms with E-state index in [1.165, 1.54) is 12.8 Å². The molecule has 18 heavy (non-hydrogen) atoms. The molecule has 0 spiro atoms. The first-order chi connectivity index (χ1) is 8.56. The van der Waals surface area contributed by atoms with Crippen LogP contribution in [0.2, 0.25) is 10.0 Å². The number of hydrogen-bond donors (Lipinski definition) is 1. The summed E-state index contributed by atoms with van der Waals surface area (Å²) < 4.78 is 5.85. The lowest BCUT2D eigenvalue weighted by Crippen LogP contribution is -2.22. The van der Waals surface area contributed by atoms with Gasteiger partial charge in [-0.2, -0.15) is 0 Å². The SMILES string of the molecule is CC(C)NCc1cc(Cl)cc(Cl)c1OCC1CC1. The number of benzene rings is 1. The van der Waals surface area contributed by atoms with Crippen LogP contribution in [0.5, 0.6) is 5.75 Å². The van der Waals surface area contributed by atoms with Gasteiger partial charge in [0.2, 0.25) is 0 Å². The van der Waals surface area contributed by atoms with E-state index in [1.807, 2.05) is 6.07 Å². The van der Waals surface area contributed by atoms with Crippen molar-refractivity contribution in [2.24, 2.45) is 5.92 Å². The van der Waals surface area contributed by atoms with E-state index >= 15 is 0 Å². The van der Waals surface area contributed by atoms with Gasteiger partial charge in [-0.15, -0.1) is 0 Å². The van der Waals surface area contributed by atoms with Crippen LogP contribution in [0.1, 0.15) is 32.3 Å². The monoisotopic (exact) mass is 287 g/mol. The average molecular weight is 288 g/mol. The Kier molecular flexibility index (Phi) is 4.77. The summed E-state index contributed by atoms with van der Waals surface area (Å²) in [5, 5.41) is 4.62. The Bertz CT molecular complexity index is 417. The van der Waals surface area contributed by atoms with Crippen molar-refractivity contribution in [3.8, 4) is 5.75 Å². The van der Waals surface area contributed by atoms with Gasteiger partial charge in [0.1, 0.15) is 5.75 Å². The molecule has 0 unspecified atom stereocenters. The zero-order valence-electron chi connectivity index (χ0n) is 10.8. The third-order valence-corrected chi connectivity index (χ3v) is 3.45. The molecule has 1 N–H and O–H groups in total. The van der Waals surface area contributed by atoms with E-state index < -0.39 is 0 Å². The van der Waals surface area contributed by atoms with Gasteiger partial charge in [0.05, 0.1) is 11.6 Å². The first kappa shape index (κ1) is 14.0. The van der Waals surface area contributed by atoms with Gasteiger partial charge in [-0.3, -0.25) is 0 Å². The Hall–Kier alpha value is -0.440. The molecule has 0 amide bonds. The molecule has 0 atom stereocenters. The van der Waals surface area contributed by atoms with Gasteiger partial charge >= 0.3 is 0 Å². The molecule has 1 aromatic rings. The van der Waals surface area contributed by atoms with E-state index in [-0.39, 0.29) is 0 Å².